The number of hydrogen-bond donors (Lipinski definition) is 5. The van der Waals surface area contributed by atoms with Gasteiger partial charge in [0, 0.05) is 6.61 Å². The largest absolute Gasteiger partial charge is 0.507 e. The number of carboxylic acid groups (broad SMARTS) is 2. The molecule has 94 valence electrons. The Morgan fingerprint density at radius 3 is 1.41 bits per heavy atom. The first-order valence-corrected chi connectivity index (χ1v) is 4.48. The highest BCUT2D eigenvalue weighted by atomic mass is 16.4. The zero-order chi connectivity index (χ0) is 13.6. The van der Waals surface area contributed by atoms with E-state index in [2.05, 4.69) is 0 Å². The van der Waals surface area contributed by atoms with E-state index in [0.717, 1.165) is 0 Å². The number of aromatic carboxylic acids is 2. The van der Waals surface area contributed by atoms with Crippen LogP contribution in [0, 0.1) is 0 Å². The molecule has 0 spiro atoms. The predicted molar refractivity (Wildman–Crippen MR) is 56.5 cm³/mol. The van der Waals surface area contributed by atoms with Gasteiger partial charge in [0.05, 0.1) is 0 Å². The summed E-state index contributed by atoms with van der Waals surface area (Å²) in [4.78, 5) is 20.9. The number of hydrogen-bond acceptors (Lipinski definition) is 5. The summed E-state index contributed by atoms with van der Waals surface area (Å²) in [6, 6.07) is 1.36. The van der Waals surface area contributed by atoms with Crippen molar-refractivity contribution in [3.8, 4) is 11.5 Å². The second-order valence-electron chi connectivity index (χ2n) is 2.81. The van der Waals surface area contributed by atoms with Gasteiger partial charge in [-0.1, -0.05) is 0 Å². The molecule has 5 N–H and O–H groups in total. The molecule has 0 fully saturated rings. The van der Waals surface area contributed by atoms with Crippen molar-refractivity contribution < 1.29 is 35.1 Å². The quantitative estimate of drug-likeness (QED) is 0.477. The van der Waals surface area contributed by atoms with Crippen LogP contribution in [-0.2, 0) is 0 Å². The van der Waals surface area contributed by atoms with Crippen molar-refractivity contribution in [3.63, 3.8) is 0 Å². The monoisotopic (exact) mass is 244 g/mol. The zero-order valence-corrected chi connectivity index (χ0v) is 8.91. The van der Waals surface area contributed by atoms with Crippen molar-refractivity contribution >= 4 is 11.9 Å². The molecule has 7 heteroatoms. The molecule has 0 aromatic heterocycles. The number of rotatable bonds is 2. The van der Waals surface area contributed by atoms with Crippen molar-refractivity contribution in [1.29, 1.82) is 0 Å². The van der Waals surface area contributed by atoms with Gasteiger partial charge in [-0.3, -0.25) is 0 Å². The van der Waals surface area contributed by atoms with Crippen LogP contribution in [0.15, 0.2) is 12.1 Å². The minimum Gasteiger partial charge on any atom is -0.507 e. The average molecular weight is 244 g/mol. The maximum absolute atomic E-state index is 10.4. The smallest absolute Gasteiger partial charge is 0.339 e. The van der Waals surface area contributed by atoms with Gasteiger partial charge in [-0.2, -0.15) is 0 Å². The topological polar surface area (TPSA) is 135 Å². The van der Waals surface area contributed by atoms with Gasteiger partial charge in [-0.05, 0) is 19.1 Å². The van der Waals surface area contributed by atoms with Crippen molar-refractivity contribution in [2.75, 3.05) is 6.61 Å². The van der Waals surface area contributed by atoms with E-state index in [1.165, 1.54) is 0 Å². The van der Waals surface area contributed by atoms with E-state index in [0.29, 0.717) is 12.1 Å². The van der Waals surface area contributed by atoms with E-state index in [9.17, 15) is 9.59 Å². The van der Waals surface area contributed by atoms with Gasteiger partial charge in [-0.15, -0.1) is 0 Å². The van der Waals surface area contributed by atoms with Crippen LogP contribution >= 0.6 is 0 Å². The third-order valence-corrected chi connectivity index (χ3v) is 1.57. The molecular formula is C10H12O7. The molecule has 0 radical (unpaired) electrons. The van der Waals surface area contributed by atoms with E-state index >= 15 is 0 Å². The number of aliphatic hydroxyl groups excluding tert-OH is 1. The number of aromatic hydroxyl groups is 2. The van der Waals surface area contributed by atoms with Gasteiger partial charge in [0.1, 0.15) is 22.6 Å². The van der Waals surface area contributed by atoms with E-state index < -0.39 is 34.6 Å². The molecule has 0 aliphatic rings. The lowest BCUT2D eigenvalue weighted by atomic mass is 10.1. The highest BCUT2D eigenvalue weighted by Gasteiger charge is 2.17. The predicted octanol–water partition coefficient (Wildman–Crippen LogP) is 0.493. The Kier molecular flexibility index (Phi) is 5.48. The first kappa shape index (κ1) is 14.7. The van der Waals surface area contributed by atoms with E-state index in [-0.39, 0.29) is 6.61 Å². The molecule has 0 heterocycles. The number of carboxylic acids is 2. The van der Waals surface area contributed by atoms with Gasteiger partial charge >= 0.3 is 11.9 Å². The first-order valence-electron chi connectivity index (χ1n) is 4.48. The number of aliphatic hydroxyl groups is 1. The Morgan fingerprint density at radius 2 is 1.24 bits per heavy atom. The van der Waals surface area contributed by atoms with Gasteiger partial charge in [0.15, 0.2) is 0 Å². The minimum atomic E-state index is -1.45. The lowest BCUT2D eigenvalue weighted by Crippen LogP contribution is -2.01. The fourth-order valence-electron chi connectivity index (χ4n) is 0.919. The molecule has 1 aromatic carbocycles. The molecule has 0 bridgehead atoms. The SMILES string of the molecule is CCO.O=C(O)c1cc(O)c(C(=O)O)cc1O. The second-order valence-corrected chi connectivity index (χ2v) is 2.81. The summed E-state index contributed by atoms with van der Waals surface area (Å²) in [5.74, 6) is -4.30. The lowest BCUT2D eigenvalue weighted by Gasteiger charge is -2.03. The summed E-state index contributed by atoms with van der Waals surface area (Å²) in [7, 11) is 0. The molecule has 7 nitrogen and oxygen atoms in total. The average Bonchev–Trinajstić information content (AvgIpc) is 2.21. The standard InChI is InChI=1S/C8H6O6.C2H6O/c9-5-1-3(7(11)12)6(10)2-4(5)8(13)14;1-2-3/h1-2,9-10H,(H,11,12)(H,13,14);3H,2H2,1H3. The van der Waals surface area contributed by atoms with Crippen molar-refractivity contribution in [1.82, 2.24) is 0 Å². The van der Waals surface area contributed by atoms with Crippen molar-refractivity contribution in [3.05, 3.63) is 23.3 Å². The Bertz CT molecular complexity index is 385. The molecule has 0 aliphatic carbocycles. The lowest BCUT2D eigenvalue weighted by molar-refractivity contribution is 0.0675. The summed E-state index contributed by atoms with van der Waals surface area (Å²) < 4.78 is 0. The maximum Gasteiger partial charge on any atom is 0.339 e. The van der Waals surface area contributed by atoms with Gasteiger partial charge in [0.25, 0.3) is 0 Å². The highest BCUT2D eigenvalue weighted by Crippen LogP contribution is 2.27. The van der Waals surface area contributed by atoms with Gasteiger partial charge in [-0.25, -0.2) is 9.59 Å². The Balaban J connectivity index is 0.000000770. The van der Waals surface area contributed by atoms with E-state index in [1.54, 1.807) is 6.92 Å². The minimum absolute atomic E-state index is 0.250. The molecule has 0 unspecified atom stereocenters. The molecule has 1 aromatic rings. The zero-order valence-electron chi connectivity index (χ0n) is 8.91. The summed E-state index contributed by atoms with van der Waals surface area (Å²) in [5.41, 5.74) is -1.10. The molecule has 0 saturated carbocycles. The number of benzene rings is 1. The third-order valence-electron chi connectivity index (χ3n) is 1.57. The second kappa shape index (κ2) is 6.33. The summed E-state index contributed by atoms with van der Waals surface area (Å²) in [6.45, 7) is 1.93. The van der Waals surface area contributed by atoms with Crippen LogP contribution in [0.3, 0.4) is 0 Å². The maximum atomic E-state index is 10.4. The van der Waals surface area contributed by atoms with Crippen LogP contribution in [0.25, 0.3) is 0 Å². The van der Waals surface area contributed by atoms with Gasteiger partial charge < -0.3 is 25.5 Å². The Labute approximate surface area is 96.2 Å². The van der Waals surface area contributed by atoms with Crippen LogP contribution < -0.4 is 0 Å². The van der Waals surface area contributed by atoms with Crippen LogP contribution in [-0.4, -0.2) is 44.1 Å². The number of phenols is 2. The van der Waals surface area contributed by atoms with E-state index in [1.807, 2.05) is 0 Å². The van der Waals surface area contributed by atoms with E-state index in [4.69, 9.17) is 25.5 Å². The van der Waals surface area contributed by atoms with Crippen molar-refractivity contribution in [2.24, 2.45) is 0 Å². The molecule has 17 heavy (non-hydrogen) atoms. The summed E-state index contributed by atoms with van der Waals surface area (Å²) in [5, 5.41) is 42.7. The van der Waals surface area contributed by atoms with Gasteiger partial charge in [0.2, 0.25) is 0 Å². The fraction of sp³-hybridized carbons (Fsp3) is 0.200. The highest BCUT2D eigenvalue weighted by molar-refractivity contribution is 5.96. The molecule has 1 rings (SSSR count). The summed E-state index contributed by atoms with van der Waals surface area (Å²) in [6.07, 6.45) is 0. The Morgan fingerprint density at radius 1 is 1.00 bits per heavy atom. The third kappa shape index (κ3) is 3.99. The summed E-state index contributed by atoms with van der Waals surface area (Å²) >= 11 is 0. The van der Waals surface area contributed by atoms with Crippen LogP contribution in [0.4, 0.5) is 0 Å². The molecule has 0 atom stereocenters. The van der Waals surface area contributed by atoms with Crippen LogP contribution in [0.2, 0.25) is 0 Å². The molecular weight excluding hydrogens is 232 g/mol. The molecule has 0 amide bonds. The first-order chi connectivity index (χ1) is 7.84. The number of carbonyl (C=O) groups is 2. The fourth-order valence-corrected chi connectivity index (χ4v) is 0.919. The van der Waals surface area contributed by atoms with Crippen LogP contribution in [0.1, 0.15) is 27.6 Å². The molecule has 0 aliphatic heterocycles. The molecule has 0 saturated heterocycles. The van der Waals surface area contributed by atoms with Crippen molar-refractivity contribution in [2.45, 2.75) is 6.92 Å². The van der Waals surface area contributed by atoms with Crippen LogP contribution in [0.5, 0.6) is 11.5 Å². The Hall–Kier alpha value is -2.28. The normalized spacial score (nSPS) is 9.06.